The zero-order valence-electron chi connectivity index (χ0n) is 20.6. The summed E-state index contributed by atoms with van der Waals surface area (Å²) in [4.78, 5) is 46.7. The Morgan fingerprint density at radius 2 is 1.74 bits per heavy atom. The van der Waals surface area contributed by atoms with Crippen molar-refractivity contribution < 1.29 is 19.1 Å². The number of aryl methyl sites for hydroxylation is 1. The molecule has 7 nitrogen and oxygen atoms in total. The molecule has 1 fully saturated rings. The van der Waals surface area contributed by atoms with Gasteiger partial charge in [0.25, 0.3) is 5.91 Å². The second-order valence-corrected chi connectivity index (χ2v) is 11.5. The highest BCUT2D eigenvalue weighted by molar-refractivity contribution is 8.04. The van der Waals surface area contributed by atoms with Gasteiger partial charge in [0.05, 0.1) is 11.4 Å². The number of esters is 1. The third-order valence-corrected chi connectivity index (χ3v) is 8.96. The smallest absolute Gasteiger partial charge is 0.356 e. The third-order valence-electron chi connectivity index (χ3n) is 6.30. The molecule has 5 rings (SSSR count). The van der Waals surface area contributed by atoms with E-state index in [9.17, 15) is 14.4 Å². The molecule has 10 heteroatoms. The van der Waals surface area contributed by atoms with Crippen LogP contribution in [0.4, 0.5) is 0 Å². The van der Waals surface area contributed by atoms with Crippen molar-refractivity contribution in [3.05, 3.63) is 110 Å². The minimum Gasteiger partial charge on any atom is -0.448 e. The van der Waals surface area contributed by atoms with Crippen LogP contribution in [0.2, 0.25) is 0 Å². The largest absolute Gasteiger partial charge is 0.448 e. The molecule has 0 radical (unpaired) electrons. The average molecular weight is 566 g/mol. The first-order valence-corrected chi connectivity index (χ1v) is 14.0. The minimum atomic E-state index is -0.789. The number of carbonyl (C=O) groups is 3. The molecule has 0 aliphatic carbocycles. The zero-order valence-corrected chi connectivity index (χ0v) is 23.0. The molecule has 1 aromatic heterocycles. The lowest BCUT2D eigenvalue weighted by Crippen LogP contribution is -2.70. The maximum atomic E-state index is 13.7. The van der Waals surface area contributed by atoms with E-state index in [4.69, 9.17) is 16.3 Å². The molecule has 1 unspecified atom stereocenters. The summed E-state index contributed by atoms with van der Waals surface area (Å²) in [5.41, 5.74) is 3.67. The topological polar surface area (TPSA) is 88.6 Å². The zero-order chi connectivity index (χ0) is 26.8. The summed E-state index contributed by atoms with van der Waals surface area (Å²) in [7, 11) is 0. The number of halogens is 1. The van der Waals surface area contributed by atoms with Gasteiger partial charge in [-0.15, -0.1) is 11.3 Å². The number of amides is 2. The molecule has 0 bridgehead atoms. The van der Waals surface area contributed by atoms with Crippen molar-refractivity contribution in [2.75, 3.05) is 0 Å². The number of thioether (sulfide) groups is 1. The fourth-order valence-corrected chi connectivity index (χ4v) is 6.78. The molecule has 0 saturated carbocycles. The van der Waals surface area contributed by atoms with Gasteiger partial charge in [-0.25, -0.2) is 9.78 Å². The molecule has 194 valence electrons. The Bertz CT molecular complexity index is 1400. The Kier molecular flexibility index (Phi) is 7.69. The Balaban J connectivity index is 1.38. The van der Waals surface area contributed by atoms with Crippen molar-refractivity contribution in [3.8, 4) is 0 Å². The molecule has 3 heterocycles. The van der Waals surface area contributed by atoms with Gasteiger partial charge in [0.1, 0.15) is 17.1 Å². The highest BCUT2D eigenvalue weighted by Crippen LogP contribution is 2.47. The van der Waals surface area contributed by atoms with E-state index < -0.39 is 23.5 Å². The lowest BCUT2D eigenvalue weighted by Gasteiger charge is -2.50. The van der Waals surface area contributed by atoms with Gasteiger partial charge in [-0.2, -0.15) is 0 Å². The number of β-lactam (4-membered cyclic amide) rings is 1. The highest BCUT2D eigenvalue weighted by Gasteiger charge is 2.55. The monoisotopic (exact) mass is 565 g/mol. The molecule has 1 N–H and O–H groups in total. The van der Waals surface area contributed by atoms with Crippen molar-refractivity contribution in [1.29, 1.82) is 0 Å². The van der Waals surface area contributed by atoms with Crippen molar-refractivity contribution in [2.24, 2.45) is 0 Å². The summed E-state index contributed by atoms with van der Waals surface area (Å²) in [5, 5.41) is 3.17. The summed E-state index contributed by atoms with van der Waals surface area (Å²) in [6.07, 6.45) is 1.12. The molecule has 2 atom stereocenters. The van der Waals surface area contributed by atoms with Crippen LogP contribution in [0.5, 0.6) is 0 Å². The molecule has 1 saturated heterocycles. The van der Waals surface area contributed by atoms with Gasteiger partial charge in [-0.3, -0.25) is 14.5 Å². The van der Waals surface area contributed by atoms with Crippen molar-refractivity contribution in [2.45, 2.75) is 37.8 Å². The van der Waals surface area contributed by atoms with Gasteiger partial charge in [-0.05, 0) is 30.5 Å². The van der Waals surface area contributed by atoms with Gasteiger partial charge in [0.15, 0.2) is 6.10 Å². The van der Waals surface area contributed by atoms with Crippen LogP contribution in [0.15, 0.2) is 88.6 Å². The second kappa shape index (κ2) is 11.1. The van der Waals surface area contributed by atoms with Crippen LogP contribution in [-0.2, 0) is 25.5 Å². The van der Waals surface area contributed by atoms with Crippen molar-refractivity contribution in [1.82, 2.24) is 15.2 Å². The Hall–Kier alpha value is -3.40. The lowest BCUT2D eigenvalue weighted by molar-refractivity contribution is -0.154. The van der Waals surface area contributed by atoms with E-state index in [-0.39, 0.29) is 23.9 Å². The number of hydrogen-bond acceptors (Lipinski definition) is 7. The number of hydrogen-bond donors (Lipinski definition) is 1. The van der Waals surface area contributed by atoms with E-state index in [0.717, 1.165) is 21.0 Å². The summed E-state index contributed by atoms with van der Waals surface area (Å²) < 4.78 is 6.06. The van der Waals surface area contributed by atoms with Crippen LogP contribution < -0.4 is 5.32 Å². The first-order valence-electron chi connectivity index (χ1n) is 11.9. The first kappa shape index (κ1) is 26.2. The Labute approximate surface area is 233 Å². The molecule has 2 aliphatic heterocycles. The van der Waals surface area contributed by atoms with Gasteiger partial charge in [-0.1, -0.05) is 84.0 Å². The van der Waals surface area contributed by atoms with Crippen LogP contribution >= 0.6 is 34.7 Å². The molecule has 38 heavy (non-hydrogen) atoms. The molecule has 2 amide bonds. The van der Waals surface area contributed by atoms with Crippen LogP contribution in [0.1, 0.15) is 34.0 Å². The van der Waals surface area contributed by atoms with E-state index in [1.54, 1.807) is 13.1 Å². The molecular formula is C28H24ClN3O4S2. The van der Waals surface area contributed by atoms with Gasteiger partial charge in [0.2, 0.25) is 5.91 Å². The predicted octanol–water partition coefficient (Wildman–Crippen LogP) is 5.08. The number of nitrogens with zero attached hydrogens (tertiary/aromatic N) is 2. The fourth-order valence-electron chi connectivity index (χ4n) is 4.45. The van der Waals surface area contributed by atoms with E-state index in [1.165, 1.54) is 33.5 Å². The van der Waals surface area contributed by atoms with Gasteiger partial charge >= 0.3 is 5.97 Å². The van der Waals surface area contributed by atoms with E-state index in [0.29, 0.717) is 10.5 Å². The molecular weight excluding hydrogens is 542 g/mol. The van der Waals surface area contributed by atoms with E-state index >= 15 is 0 Å². The number of rotatable bonds is 7. The average Bonchev–Trinajstić information content (AvgIpc) is 3.35. The lowest BCUT2D eigenvalue weighted by atomic mass is 10.0. The van der Waals surface area contributed by atoms with Crippen molar-refractivity contribution in [3.63, 3.8) is 0 Å². The summed E-state index contributed by atoms with van der Waals surface area (Å²) in [6, 6.07) is 18.1. The van der Waals surface area contributed by atoms with Crippen LogP contribution in [-0.4, -0.2) is 39.1 Å². The standard InChI is InChI=1S/C28H24ClN3O4S2/c1-16-21(14-29)38-27-23(31-22(33)13-20-15-30-17(2)37-20)26(34)32(27)24(16)28(35)36-25(18-9-5-3-6-10-18)19-11-7-4-8-12-19/h3-12,14-15,23,25,27H,13H2,1-2H3,(H,31,33)/t23?,27-/m0/s1. The Morgan fingerprint density at radius 1 is 1.11 bits per heavy atom. The molecule has 0 spiro atoms. The van der Waals surface area contributed by atoms with Gasteiger partial charge in [0, 0.05) is 21.5 Å². The first-order chi connectivity index (χ1) is 18.4. The second-order valence-electron chi connectivity index (χ2n) is 8.84. The van der Waals surface area contributed by atoms with Crippen molar-refractivity contribution >= 4 is 52.5 Å². The van der Waals surface area contributed by atoms with Crippen LogP contribution in [0, 0.1) is 6.92 Å². The number of ether oxygens (including phenoxy) is 1. The summed E-state index contributed by atoms with van der Waals surface area (Å²) >= 11 is 8.88. The molecule has 2 aromatic carbocycles. The normalized spacial score (nSPS) is 19.8. The maximum Gasteiger partial charge on any atom is 0.356 e. The highest BCUT2D eigenvalue weighted by atomic mass is 35.5. The summed E-state index contributed by atoms with van der Waals surface area (Å²) in [6.45, 7) is 3.60. The quantitative estimate of drug-likeness (QED) is 0.317. The number of nitrogens with one attached hydrogen (secondary N) is 1. The number of allylic oxidation sites excluding steroid dienone is 1. The van der Waals surface area contributed by atoms with Gasteiger partial charge < -0.3 is 10.1 Å². The van der Waals surface area contributed by atoms with Crippen LogP contribution in [0.25, 0.3) is 0 Å². The third kappa shape index (κ3) is 5.14. The van der Waals surface area contributed by atoms with E-state index in [1.807, 2.05) is 67.6 Å². The number of aromatic nitrogens is 1. The minimum absolute atomic E-state index is 0.129. The number of carbonyl (C=O) groups excluding carboxylic acids is 3. The van der Waals surface area contributed by atoms with E-state index in [2.05, 4.69) is 10.3 Å². The maximum absolute atomic E-state index is 13.7. The number of benzene rings is 2. The summed E-state index contributed by atoms with van der Waals surface area (Å²) in [5.74, 6) is -1.29. The number of thiazole rings is 1. The number of fused-ring (bicyclic) bond motifs is 1. The van der Waals surface area contributed by atoms with Crippen LogP contribution in [0.3, 0.4) is 0 Å². The Morgan fingerprint density at radius 3 is 2.29 bits per heavy atom. The predicted molar refractivity (Wildman–Crippen MR) is 148 cm³/mol. The SMILES string of the molecule is CC1=C(C(=O)OC(c2ccccc2)c2ccccc2)N2C(=O)C(NC(=O)Cc3cnc(C)s3)[C@@H]2SC1=CCl. The molecule has 3 aromatic rings. The molecule has 2 aliphatic rings. The fraction of sp³-hybridized carbons (Fsp3) is 0.214.